The minimum atomic E-state index is -1.06. The number of nitrogens with one attached hydrogen (secondary N) is 1. The van der Waals surface area contributed by atoms with Gasteiger partial charge in [0.15, 0.2) is 6.61 Å². The normalized spacial score (nSPS) is 11.9. The maximum atomic E-state index is 11.7. The van der Waals surface area contributed by atoms with Gasteiger partial charge >= 0.3 is 5.97 Å². The van der Waals surface area contributed by atoms with Crippen molar-refractivity contribution in [1.82, 2.24) is 5.32 Å². The molecule has 0 aliphatic rings. The van der Waals surface area contributed by atoms with Gasteiger partial charge in [-0.2, -0.15) is 0 Å². The summed E-state index contributed by atoms with van der Waals surface area (Å²) in [4.78, 5) is 22.7. The number of carbonyl (C=O) groups is 2. The van der Waals surface area contributed by atoms with E-state index in [4.69, 9.17) is 14.6 Å². The van der Waals surface area contributed by atoms with Crippen molar-refractivity contribution >= 4 is 11.9 Å². The first-order valence-electron chi connectivity index (χ1n) is 6.64. The molecule has 0 saturated carbocycles. The van der Waals surface area contributed by atoms with Gasteiger partial charge in [-0.25, -0.2) is 4.79 Å². The molecular formula is C15H21NO5. The number of aryl methyl sites for hydroxylation is 1. The van der Waals surface area contributed by atoms with E-state index in [2.05, 4.69) is 5.32 Å². The lowest BCUT2D eigenvalue weighted by Crippen LogP contribution is -2.46. The summed E-state index contributed by atoms with van der Waals surface area (Å²) < 4.78 is 10.5. The topological polar surface area (TPSA) is 84.9 Å². The van der Waals surface area contributed by atoms with E-state index in [-0.39, 0.29) is 12.5 Å². The molecule has 21 heavy (non-hydrogen) atoms. The van der Waals surface area contributed by atoms with Crippen LogP contribution < -0.4 is 14.8 Å². The standard InChI is InChI=1S/C15H21NO5/c1-9(2)14(15(18)19)16-13(17)8-21-11-5-6-12(20-4)10(3)7-11/h5-7,9,14H,8H2,1-4H3,(H,16,17)(H,18,19)/t14-/m1/s1. The van der Waals surface area contributed by atoms with Gasteiger partial charge in [-0.1, -0.05) is 13.8 Å². The number of hydrogen-bond donors (Lipinski definition) is 2. The minimum Gasteiger partial charge on any atom is -0.496 e. The first kappa shape index (κ1) is 16.8. The fourth-order valence-electron chi connectivity index (χ4n) is 1.82. The highest BCUT2D eigenvalue weighted by Crippen LogP contribution is 2.22. The minimum absolute atomic E-state index is 0.199. The fourth-order valence-corrected chi connectivity index (χ4v) is 1.82. The van der Waals surface area contributed by atoms with Gasteiger partial charge in [0.25, 0.3) is 5.91 Å². The Morgan fingerprint density at radius 1 is 1.33 bits per heavy atom. The number of carboxylic acids is 1. The molecule has 0 fully saturated rings. The average Bonchev–Trinajstić information content (AvgIpc) is 2.42. The lowest BCUT2D eigenvalue weighted by atomic mass is 10.1. The second kappa shape index (κ2) is 7.52. The van der Waals surface area contributed by atoms with Gasteiger partial charge in [0.1, 0.15) is 17.5 Å². The highest BCUT2D eigenvalue weighted by Gasteiger charge is 2.23. The van der Waals surface area contributed by atoms with Crippen molar-refractivity contribution < 1.29 is 24.2 Å². The molecule has 0 heterocycles. The molecule has 6 heteroatoms. The largest absolute Gasteiger partial charge is 0.496 e. The van der Waals surface area contributed by atoms with Crippen LogP contribution in [0.5, 0.6) is 11.5 Å². The Morgan fingerprint density at radius 2 is 2.00 bits per heavy atom. The van der Waals surface area contributed by atoms with Crippen molar-refractivity contribution in [1.29, 1.82) is 0 Å². The van der Waals surface area contributed by atoms with E-state index in [9.17, 15) is 9.59 Å². The number of benzene rings is 1. The number of hydrogen-bond acceptors (Lipinski definition) is 4. The Balaban J connectivity index is 2.56. The molecule has 0 saturated heterocycles. The molecule has 0 aromatic heterocycles. The third-order valence-electron chi connectivity index (χ3n) is 2.99. The number of carbonyl (C=O) groups excluding carboxylic acids is 1. The summed E-state index contributed by atoms with van der Waals surface area (Å²) in [6.07, 6.45) is 0. The SMILES string of the molecule is COc1ccc(OCC(=O)N[C@@H](C(=O)O)C(C)C)cc1C. The van der Waals surface area contributed by atoms with Crippen LogP contribution in [0.4, 0.5) is 0 Å². The van der Waals surface area contributed by atoms with E-state index in [1.165, 1.54) is 0 Å². The Hall–Kier alpha value is -2.24. The predicted octanol–water partition coefficient (Wildman–Crippen LogP) is 1.61. The quantitative estimate of drug-likeness (QED) is 0.798. The Labute approximate surface area is 124 Å². The molecule has 1 amide bonds. The molecule has 0 aliphatic carbocycles. The number of carboxylic acid groups (broad SMARTS) is 1. The molecule has 0 aliphatic heterocycles. The van der Waals surface area contributed by atoms with Crippen LogP contribution in [0, 0.1) is 12.8 Å². The first-order chi connectivity index (χ1) is 9.85. The van der Waals surface area contributed by atoms with Crippen LogP contribution in [0.3, 0.4) is 0 Å². The Bertz CT molecular complexity index is 513. The van der Waals surface area contributed by atoms with E-state index in [1.807, 2.05) is 6.92 Å². The summed E-state index contributed by atoms with van der Waals surface area (Å²) in [6, 6.07) is 4.27. The second-order valence-electron chi connectivity index (χ2n) is 5.05. The van der Waals surface area contributed by atoms with Crippen LogP contribution in [0.1, 0.15) is 19.4 Å². The zero-order valence-electron chi connectivity index (χ0n) is 12.7. The van der Waals surface area contributed by atoms with Gasteiger partial charge in [-0.3, -0.25) is 4.79 Å². The summed E-state index contributed by atoms with van der Waals surface area (Å²) in [5.74, 6) is -0.463. The van der Waals surface area contributed by atoms with Gasteiger partial charge < -0.3 is 19.9 Å². The van der Waals surface area contributed by atoms with Crippen LogP contribution in [0.15, 0.2) is 18.2 Å². The number of rotatable bonds is 7. The zero-order chi connectivity index (χ0) is 16.0. The van der Waals surface area contributed by atoms with Crippen molar-refractivity contribution in [3.8, 4) is 11.5 Å². The van der Waals surface area contributed by atoms with Crippen LogP contribution in [-0.4, -0.2) is 36.7 Å². The molecule has 0 bridgehead atoms. The fraction of sp³-hybridized carbons (Fsp3) is 0.467. The van der Waals surface area contributed by atoms with Crippen LogP contribution in [0.2, 0.25) is 0 Å². The molecule has 0 radical (unpaired) electrons. The van der Waals surface area contributed by atoms with Gasteiger partial charge in [-0.05, 0) is 36.6 Å². The number of amides is 1. The predicted molar refractivity (Wildman–Crippen MR) is 77.6 cm³/mol. The molecule has 1 aromatic carbocycles. The Kier molecular flexibility index (Phi) is 6.02. The third kappa shape index (κ3) is 4.98. The number of methoxy groups -OCH3 is 1. The number of aliphatic carboxylic acids is 1. The van der Waals surface area contributed by atoms with E-state index in [1.54, 1.807) is 39.2 Å². The van der Waals surface area contributed by atoms with Gasteiger partial charge in [0.05, 0.1) is 7.11 Å². The van der Waals surface area contributed by atoms with E-state index in [0.29, 0.717) is 5.75 Å². The van der Waals surface area contributed by atoms with Crippen molar-refractivity contribution in [2.45, 2.75) is 26.8 Å². The average molecular weight is 295 g/mol. The molecular weight excluding hydrogens is 274 g/mol. The molecule has 116 valence electrons. The van der Waals surface area contributed by atoms with Gasteiger partial charge in [0, 0.05) is 0 Å². The summed E-state index contributed by atoms with van der Waals surface area (Å²) in [5, 5.41) is 11.4. The van der Waals surface area contributed by atoms with Crippen molar-refractivity contribution in [3.05, 3.63) is 23.8 Å². The lowest BCUT2D eigenvalue weighted by molar-refractivity contribution is -0.143. The second-order valence-corrected chi connectivity index (χ2v) is 5.05. The highest BCUT2D eigenvalue weighted by molar-refractivity contribution is 5.84. The molecule has 1 rings (SSSR count). The van der Waals surface area contributed by atoms with Crippen molar-refractivity contribution in [2.75, 3.05) is 13.7 Å². The van der Waals surface area contributed by atoms with Crippen molar-refractivity contribution in [2.24, 2.45) is 5.92 Å². The summed E-state index contributed by atoms with van der Waals surface area (Å²) in [5.41, 5.74) is 0.890. The van der Waals surface area contributed by atoms with Gasteiger partial charge in [0.2, 0.25) is 0 Å². The number of ether oxygens (including phenoxy) is 2. The zero-order valence-corrected chi connectivity index (χ0v) is 12.7. The molecule has 1 atom stereocenters. The molecule has 1 aromatic rings. The lowest BCUT2D eigenvalue weighted by Gasteiger charge is -2.18. The third-order valence-corrected chi connectivity index (χ3v) is 2.99. The molecule has 6 nitrogen and oxygen atoms in total. The van der Waals surface area contributed by atoms with Crippen LogP contribution in [-0.2, 0) is 9.59 Å². The molecule has 2 N–H and O–H groups in total. The molecule has 0 unspecified atom stereocenters. The summed E-state index contributed by atoms with van der Waals surface area (Å²) >= 11 is 0. The first-order valence-corrected chi connectivity index (χ1v) is 6.64. The Morgan fingerprint density at radius 3 is 2.48 bits per heavy atom. The van der Waals surface area contributed by atoms with Crippen LogP contribution >= 0.6 is 0 Å². The van der Waals surface area contributed by atoms with E-state index >= 15 is 0 Å². The highest BCUT2D eigenvalue weighted by atomic mass is 16.5. The molecule has 0 spiro atoms. The van der Waals surface area contributed by atoms with Crippen LogP contribution in [0.25, 0.3) is 0 Å². The maximum Gasteiger partial charge on any atom is 0.326 e. The van der Waals surface area contributed by atoms with E-state index < -0.39 is 17.9 Å². The monoisotopic (exact) mass is 295 g/mol. The van der Waals surface area contributed by atoms with E-state index in [0.717, 1.165) is 11.3 Å². The van der Waals surface area contributed by atoms with Crippen molar-refractivity contribution in [3.63, 3.8) is 0 Å². The smallest absolute Gasteiger partial charge is 0.326 e. The maximum absolute atomic E-state index is 11.7. The summed E-state index contributed by atoms with van der Waals surface area (Å²) in [6.45, 7) is 5.09. The van der Waals surface area contributed by atoms with Gasteiger partial charge in [-0.15, -0.1) is 0 Å². The summed E-state index contributed by atoms with van der Waals surface area (Å²) in [7, 11) is 1.58.